The predicted molar refractivity (Wildman–Crippen MR) is 159 cm³/mol. The predicted octanol–water partition coefficient (Wildman–Crippen LogP) is 9.27. The Balaban J connectivity index is 1.70. The van der Waals surface area contributed by atoms with E-state index in [-0.39, 0.29) is 10.7 Å². The van der Waals surface area contributed by atoms with E-state index >= 15 is 0 Å². The van der Waals surface area contributed by atoms with Crippen LogP contribution in [0.2, 0.25) is 0 Å². The molecule has 3 nitrogen and oxygen atoms in total. The largest absolute Gasteiger partial charge is 0.507 e. The van der Waals surface area contributed by atoms with Crippen LogP contribution in [0.3, 0.4) is 0 Å². The topological polar surface area (TPSA) is 38.7 Å². The zero-order valence-electron chi connectivity index (χ0n) is 23.3. The molecule has 0 radical (unpaired) electrons. The van der Waals surface area contributed by atoms with Gasteiger partial charge in [0, 0.05) is 10.9 Å². The second-order valence-electron chi connectivity index (χ2n) is 10.7. The van der Waals surface area contributed by atoms with Gasteiger partial charge in [0.25, 0.3) is 0 Å². The number of aromatic hydroxyl groups is 1. The lowest BCUT2D eigenvalue weighted by atomic mass is 9.87. The minimum atomic E-state index is -2.28. The van der Waals surface area contributed by atoms with Crippen molar-refractivity contribution in [3.63, 3.8) is 0 Å². The Bertz CT molecular complexity index is 1700. The van der Waals surface area contributed by atoms with Crippen LogP contribution in [-0.2, 0) is 5.41 Å². The van der Waals surface area contributed by atoms with Crippen LogP contribution in [0.25, 0.3) is 11.1 Å². The summed E-state index contributed by atoms with van der Waals surface area (Å²) in [6.07, 6.45) is 0. The molecule has 43 heavy (non-hydrogen) atoms. The Morgan fingerprint density at radius 2 is 1.07 bits per heavy atom. The van der Waals surface area contributed by atoms with Gasteiger partial charge in [-0.2, -0.15) is 0 Å². The summed E-state index contributed by atoms with van der Waals surface area (Å²) in [7, 11) is -0.423. The summed E-state index contributed by atoms with van der Waals surface area (Å²) in [6.45, 7) is 6.09. The van der Waals surface area contributed by atoms with Crippen LogP contribution in [0.1, 0.15) is 26.3 Å². The van der Waals surface area contributed by atoms with Gasteiger partial charge in [0.1, 0.15) is 28.7 Å². The molecule has 0 spiro atoms. The van der Waals surface area contributed by atoms with Crippen molar-refractivity contribution in [1.82, 2.24) is 0 Å². The monoisotopic (exact) mass is 608 g/mol. The zero-order valence-corrected chi connectivity index (χ0v) is 24.3. The number of benzene rings is 5. The Morgan fingerprint density at radius 3 is 1.53 bits per heavy atom. The average Bonchev–Trinajstić information content (AvgIpc) is 2.98. The molecule has 5 aromatic carbocycles. The lowest BCUT2D eigenvalue weighted by Crippen LogP contribution is -2.16. The number of hydrogen-bond acceptors (Lipinski definition) is 3. The molecule has 0 saturated heterocycles. The third-order valence-corrected chi connectivity index (χ3v) is 8.06. The van der Waals surface area contributed by atoms with E-state index in [1.807, 2.05) is 69.3 Å². The van der Waals surface area contributed by atoms with E-state index in [4.69, 9.17) is 9.47 Å². The Hall–Kier alpha value is -4.42. The van der Waals surface area contributed by atoms with Crippen molar-refractivity contribution >= 4 is 19.2 Å². The Morgan fingerprint density at radius 1 is 0.605 bits per heavy atom. The summed E-state index contributed by atoms with van der Waals surface area (Å²) >= 11 is 0. The second kappa shape index (κ2) is 12.1. The van der Waals surface area contributed by atoms with E-state index in [0.717, 1.165) is 11.6 Å². The third-order valence-electron chi connectivity index (χ3n) is 6.65. The standard InChI is InChI=1S/C34H26F5O3P/c1-34(2,3)19-17-23(41-20-11-6-4-7-12-20)33(24(18-19)42-21-13-8-5-9-14-21)43-25-16-10-15-22(32(25)40)26-27(35)29(37)31(39)30(38)28(26)36/h4-18,40,43H,1-3H3. The van der Waals surface area contributed by atoms with Gasteiger partial charge in [-0.05, 0) is 56.0 Å². The Kier molecular flexibility index (Phi) is 8.43. The van der Waals surface area contributed by atoms with Crippen molar-refractivity contribution in [3.8, 4) is 39.9 Å². The average molecular weight is 609 g/mol. The van der Waals surface area contributed by atoms with Crippen LogP contribution < -0.4 is 20.1 Å². The number of halogens is 5. The summed E-state index contributed by atoms with van der Waals surface area (Å²) in [5.74, 6) is -9.32. The number of phenolic OH excluding ortho intramolecular Hbond substituents is 1. The number of ether oxygens (including phenoxy) is 2. The van der Waals surface area contributed by atoms with Crippen molar-refractivity contribution in [1.29, 1.82) is 0 Å². The van der Waals surface area contributed by atoms with Gasteiger partial charge in [-0.3, -0.25) is 0 Å². The minimum Gasteiger partial charge on any atom is -0.507 e. The van der Waals surface area contributed by atoms with Gasteiger partial charge < -0.3 is 14.6 Å². The minimum absolute atomic E-state index is 0.167. The van der Waals surface area contributed by atoms with E-state index in [0.29, 0.717) is 28.3 Å². The van der Waals surface area contributed by atoms with Gasteiger partial charge in [-0.15, -0.1) is 0 Å². The molecule has 5 rings (SSSR count). The summed E-state index contributed by atoms with van der Waals surface area (Å²) in [6, 6.07) is 25.7. The maximum Gasteiger partial charge on any atom is 0.200 e. The molecule has 0 aliphatic carbocycles. The first-order valence-electron chi connectivity index (χ1n) is 13.2. The third kappa shape index (κ3) is 6.20. The van der Waals surface area contributed by atoms with Crippen LogP contribution in [0.15, 0.2) is 91.0 Å². The normalized spacial score (nSPS) is 11.7. The summed E-state index contributed by atoms with van der Waals surface area (Å²) in [4.78, 5) is 0. The van der Waals surface area contributed by atoms with Crippen LogP contribution in [-0.4, -0.2) is 5.11 Å². The van der Waals surface area contributed by atoms with Crippen molar-refractivity contribution < 1.29 is 36.5 Å². The molecule has 5 aromatic rings. The molecule has 0 aliphatic rings. The van der Waals surface area contributed by atoms with Crippen molar-refractivity contribution in [3.05, 3.63) is 126 Å². The zero-order chi connectivity index (χ0) is 30.9. The molecule has 0 saturated carbocycles. The fraction of sp³-hybridized carbons (Fsp3) is 0.118. The smallest absolute Gasteiger partial charge is 0.200 e. The first kappa shape index (κ1) is 30.1. The molecule has 0 amide bonds. The van der Waals surface area contributed by atoms with Crippen LogP contribution in [0.5, 0.6) is 28.7 Å². The Labute approximate surface area is 247 Å². The van der Waals surface area contributed by atoms with E-state index < -0.39 is 54.5 Å². The first-order chi connectivity index (χ1) is 20.5. The van der Waals surface area contributed by atoms with E-state index in [1.165, 1.54) is 12.1 Å². The highest BCUT2D eigenvalue weighted by atomic mass is 31.1. The molecular formula is C34H26F5O3P. The van der Waals surface area contributed by atoms with E-state index in [9.17, 15) is 27.1 Å². The molecule has 0 heterocycles. The summed E-state index contributed by atoms with van der Waals surface area (Å²) in [5, 5.41) is 11.9. The van der Waals surface area contributed by atoms with E-state index in [2.05, 4.69) is 0 Å². The lowest BCUT2D eigenvalue weighted by Gasteiger charge is -2.24. The molecule has 1 N–H and O–H groups in total. The van der Waals surface area contributed by atoms with Gasteiger partial charge in [-0.25, -0.2) is 22.0 Å². The highest BCUT2D eigenvalue weighted by Crippen LogP contribution is 2.41. The van der Waals surface area contributed by atoms with Crippen LogP contribution in [0.4, 0.5) is 22.0 Å². The maximum atomic E-state index is 14.7. The van der Waals surface area contributed by atoms with Gasteiger partial charge in [0.15, 0.2) is 23.3 Å². The molecule has 220 valence electrons. The molecule has 1 unspecified atom stereocenters. The summed E-state index contributed by atoms with van der Waals surface area (Å²) < 4.78 is 83.9. The second-order valence-corrected chi connectivity index (χ2v) is 12.0. The molecule has 1 atom stereocenters. The van der Waals surface area contributed by atoms with Crippen LogP contribution >= 0.6 is 8.58 Å². The van der Waals surface area contributed by atoms with Gasteiger partial charge >= 0.3 is 0 Å². The molecule has 0 aromatic heterocycles. The first-order valence-corrected chi connectivity index (χ1v) is 14.2. The number of hydrogen-bond donors (Lipinski definition) is 1. The lowest BCUT2D eigenvalue weighted by molar-refractivity contribution is 0.380. The quantitative estimate of drug-likeness (QED) is 0.0867. The summed E-state index contributed by atoms with van der Waals surface area (Å²) in [5.41, 5.74) is -1.19. The fourth-order valence-electron chi connectivity index (χ4n) is 4.36. The van der Waals surface area contributed by atoms with Gasteiger partial charge in [0.05, 0.1) is 10.9 Å². The maximum absolute atomic E-state index is 14.7. The number of phenols is 1. The number of rotatable bonds is 7. The molecule has 0 fully saturated rings. The molecule has 0 bridgehead atoms. The fourth-order valence-corrected chi connectivity index (χ4v) is 5.56. The highest BCUT2D eigenvalue weighted by Gasteiger charge is 2.29. The van der Waals surface area contributed by atoms with Gasteiger partial charge in [0.2, 0.25) is 5.82 Å². The van der Waals surface area contributed by atoms with Crippen molar-refractivity contribution in [2.45, 2.75) is 26.2 Å². The van der Waals surface area contributed by atoms with Crippen molar-refractivity contribution in [2.75, 3.05) is 0 Å². The van der Waals surface area contributed by atoms with Gasteiger partial charge in [-0.1, -0.05) is 75.4 Å². The molecular weight excluding hydrogens is 582 g/mol. The number of para-hydroxylation sites is 3. The highest BCUT2D eigenvalue weighted by molar-refractivity contribution is 7.56. The molecule has 9 heteroatoms. The van der Waals surface area contributed by atoms with E-state index in [1.54, 1.807) is 24.3 Å². The van der Waals surface area contributed by atoms with Crippen LogP contribution in [0, 0.1) is 29.1 Å². The SMILES string of the molecule is CC(C)(C)c1cc(Oc2ccccc2)c(Pc2cccc(-c3c(F)c(F)c(F)c(F)c3F)c2O)c(Oc2ccccc2)c1. The van der Waals surface area contributed by atoms with Crippen molar-refractivity contribution in [2.24, 2.45) is 0 Å². The molecule has 0 aliphatic heterocycles.